The monoisotopic (exact) mass is 188 g/mol. The minimum Gasteiger partial charge on any atom is -0.0874 e. The van der Waals surface area contributed by atoms with E-state index in [1.807, 2.05) is 0 Å². The fourth-order valence-electron chi connectivity index (χ4n) is 2.61. The Labute approximate surface area is 87.4 Å². The topological polar surface area (TPSA) is 0 Å². The van der Waals surface area contributed by atoms with Crippen LogP contribution in [0.3, 0.4) is 0 Å². The average molecular weight is 188 g/mol. The van der Waals surface area contributed by atoms with Crippen LogP contribution < -0.4 is 0 Å². The van der Waals surface area contributed by atoms with Crippen molar-refractivity contribution < 1.29 is 0 Å². The van der Waals surface area contributed by atoms with Crippen molar-refractivity contribution in [3.8, 4) is 0 Å². The van der Waals surface area contributed by atoms with Crippen molar-refractivity contribution in [1.82, 2.24) is 0 Å². The Morgan fingerprint density at radius 2 is 2.00 bits per heavy atom. The molecule has 0 N–H and O–H groups in total. The van der Waals surface area contributed by atoms with Crippen molar-refractivity contribution in [2.24, 2.45) is 10.8 Å². The molecule has 0 aliphatic heterocycles. The van der Waals surface area contributed by atoms with E-state index in [1.54, 1.807) is 5.57 Å². The van der Waals surface area contributed by atoms with Crippen molar-refractivity contribution in [3.63, 3.8) is 0 Å². The summed E-state index contributed by atoms with van der Waals surface area (Å²) in [7, 11) is 0. The number of hydrogen-bond acceptors (Lipinski definition) is 0. The van der Waals surface area contributed by atoms with E-state index in [4.69, 9.17) is 0 Å². The minimum absolute atomic E-state index is 0.595. The third-order valence-corrected chi connectivity index (χ3v) is 3.84. The quantitative estimate of drug-likeness (QED) is 0.578. The van der Waals surface area contributed by atoms with Crippen molar-refractivity contribution >= 4 is 0 Å². The molecule has 2 fully saturated rings. The zero-order chi connectivity index (χ0) is 10.2. The molecular weight excluding hydrogens is 168 g/mol. The van der Waals surface area contributed by atoms with Gasteiger partial charge in [-0.25, -0.2) is 0 Å². The second-order valence-corrected chi connectivity index (χ2v) is 4.95. The molecule has 0 bridgehead atoms. The molecule has 76 valence electrons. The number of fused-ring (bicyclic) bond motifs is 1. The second-order valence-electron chi connectivity index (χ2n) is 4.95. The lowest BCUT2D eigenvalue weighted by molar-refractivity contribution is 0.701. The molecule has 0 atom stereocenters. The lowest BCUT2D eigenvalue weighted by atomic mass is 10.0. The summed E-state index contributed by atoms with van der Waals surface area (Å²) in [6, 6.07) is 0. The summed E-state index contributed by atoms with van der Waals surface area (Å²) in [6.07, 6.45) is 15.1. The fourth-order valence-corrected chi connectivity index (χ4v) is 2.61. The molecule has 0 heteroatoms. The van der Waals surface area contributed by atoms with E-state index in [1.165, 1.54) is 12.8 Å². The highest BCUT2D eigenvalue weighted by Gasteiger charge is 2.80. The lowest BCUT2D eigenvalue weighted by Gasteiger charge is -2.02. The lowest BCUT2D eigenvalue weighted by Crippen LogP contribution is -1.88. The summed E-state index contributed by atoms with van der Waals surface area (Å²) in [5, 5.41) is 0. The average Bonchev–Trinajstić information content (AvgIpc) is 2.89. The summed E-state index contributed by atoms with van der Waals surface area (Å²) in [5.74, 6) is 0. The molecule has 0 nitrogen and oxygen atoms in total. The number of allylic oxidation sites excluding steroid dienone is 6. The van der Waals surface area contributed by atoms with Crippen LogP contribution in [-0.2, 0) is 0 Å². The Balaban J connectivity index is 2.10. The van der Waals surface area contributed by atoms with E-state index in [9.17, 15) is 0 Å². The van der Waals surface area contributed by atoms with Gasteiger partial charge in [0.25, 0.3) is 0 Å². The molecule has 0 amide bonds. The van der Waals surface area contributed by atoms with Gasteiger partial charge in [-0.1, -0.05) is 44.2 Å². The standard InChI is InChI=1S/C14H20/c1-4-6-7-9-12(8-5-2)14-10-13(14,3)11-14/h5-9H,4,10-11H2,1-3H3/b7-6+,8-5-,12-9+. The summed E-state index contributed by atoms with van der Waals surface area (Å²) in [6.45, 7) is 6.69. The zero-order valence-corrected chi connectivity index (χ0v) is 9.51. The highest BCUT2D eigenvalue weighted by atomic mass is 14.8. The predicted molar refractivity (Wildman–Crippen MR) is 62.1 cm³/mol. The molecule has 0 aromatic carbocycles. The molecule has 2 aliphatic rings. The SMILES string of the molecule is C\C=C/C(=C\C=C\CC)C12CC1(C)C2. The van der Waals surface area contributed by atoms with Gasteiger partial charge in [-0.15, -0.1) is 0 Å². The number of rotatable bonds is 4. The summed E-state index contributed by atoms with van der Waals surface area (Å²) in [4.78, 5) is 0. The van der Waals surface area contributed by atoms with Crippen molar-refractivity contribution in [3.05, 3.63) is 36.0 Å². The largest absolute Gasteiger partial charge is 0.0874 e. The first-order valence-corrected chi connectivity index (χ1v) is 5.68. The first-order chi connectivity index (χ1) is 6.68. The Kier molecular flexibility index (Phi) is 2.17. The first kappa shape index (κ1) is 9.76. The molecule has 0 aromatic rings. The molecule has 0 heterocycles. The Morgan fingerprint density at radius 3 is 2.43 bits per heavy atom. The van der Waals surface area contributed by atoms with Gasteiger partial charge < -0.3 is 0 Å². The van der Waals surface area contributed by atoms with Crippen LogP contribution in [0.4, 0.5) is 0 Å². The maximum atomic E-state index is 2.41. The van der Waals surface area contributed by atoms with E-state index >= 15 is 0 Å². The van der Waals surface area contributed by atoms with Gasteiger partial charge in [-0.2, -0.15) is 0 Å². The molecule has 14 heavy (non-hydrogen) atoms. The third kappa shape index (κ3) is 1.28. The zero-order valence-electron chi connectivity index (χ0n) is 9.51. The van der Waals surface area contributed by atoms with E-state index in [0.29, 0.717) is 10.8 Å². The van der Waals surface area contributed by atoms with Gasteiger partial charge in [0, 0.05) is 5.41 Å². The molecule has 0 unspecified atom stereocenters. The smallest absolute Gasteiger partial charge is 0.00183 e. The maximum Gasteiger partial charge on any atom is 0.00183 e. The Morgan fingerprint density at radius 1 is 1.36 bits per heavy atom. The summed E-state index contributed by atoms with van der Waals surface area (Å²) in [5.41, 5.74) is 2.82. The normalized spacial score (nSPS) is 40.6. The highest BCUT2D eigenvalue weighted by molar-refractivity contribution is 5.49. The second kappa shape index (κ2) is 3.12. The number of hydrogen-bond donors (Lipinski definition) is 0. The van der Waals surface area contributed by atoms with E-state index in [0.717, 1.165) is 6.42 Å². The van der Waals surface area contributed by atoms with E-state index < -0.39 is 0 Å². The Hall–Kier alpha value is -0.780. The molecule has 0 spiro atoms. The van der Waals surface area contributed by atoms with Crippen LogP contribution in [-0.4, -0.2) is 0 Å². The van der Waals surface area contributed by atoms with E-state index in [2.05, 4.69) is 51.2 Å². The van der Waals surface area contributed by atoms with Crippen molar-refractivity contribution in [1.29, 1.82) is 0 Å². The van der Waals surface area contributed by atoms with Gasteiger partial charge in [0.1, 0.15) is 0 Å². The molecule has 2 saturated carbocycles. The first-order valence-electron chi connectivity index (χ1n) is 5.68. The van der Waals surface area contributed by atoms with Crippen LogP contribution >= 0.6 is 0 Å². The van der Waals surface area contributed by atoms with Crippen LogP contribution in [0.5, 0.6) is 0 Å². The van der Waals surface area contributed by atoms with Gasteiger partial charge in [-0.3, -0.25) is 0 Å². The predicted octanol–water partition coefficient (Wildman–Crippen LogP) is 4.26. The molecular formula is C14H20. The summed E-state index contributed by atoms with van der Waals surface area (Å²) >= 11 is 0. The van der Waals surface area contributed by atoms with Crippen LogP contribution in [0.25, 0.3) is 0 Å². The van der Waals surface area contributed by atoms with Crippen molar-refractivity contribution in [2.45, 2.75) is 40.0 Å². The van der Waals surface area contributed by atoms with Crippen LogP contribution in [0.15, 0.2) is 36.0 Å². The van der Waals surface area contributed by atoms with E-state index in [-0.39, 0.29) is 0 Å². The maximum absolute atomic E-state index is 2.41. The molecule has 0 saturated heterocycles. The van der Waals surface area contributed by atoms with Crippen molar-refractivity contribution in [2.75, 3.05) is 0 Å². The molecule has 0 radical (unpaired) electrons. The fraction of sp³-hybridized carbons (Fsp3) is 0.571. The van der Waals surface area contributed by atoms with Gasteiger partial charge >= 0.3 is 0 Å². The van der Waals surface area contributed by atoms with Crippen LogP contribution in [0.1, 0.15) is 40.0 Å². The van der Waals surface area contributed by atoms with Crippen LogP contribution in [0, 0.1) is 10.8 Å². The third-order valence-electron chi connectivity index (χ3n) is 3.84. The van der Waals surface area contributed by atoms with Gasteiger partial charge in [-0.05, 0) is 37.2 Å². The minimum atomic E-state index is 0.595. The van der Waals surface area contributed by atoms with Gasteiger partial charge in [0.05, 0.1) is 0 Å². The van der Waals surface area contributed by atoms with Gasteiger partial charge in [0.2, 0.25) is 0 Å². The summed E-state index contributed by atoms with van der Waals surface area (Å²) < 4.78 is 0. The molecule has 2 aliphatic carbocycles. The highest BCUT2D eigenvalue weighted by Crippen LogP contribution is 2.88. The van der Waals surface area contributed by atoms with Gasteiger partial charge in [0.15, 0.2) is 0 Å². The van der Waals surface area contributed by atoms with Crippen LogP contribution in [0.2, 0.25) is 0 Å². The Bertz CT molecular complexity index is 309. The molecule has 2 rings (SSSR count). The molecule has 0 aromatic heterocycles.